The average molecular weight is 423 g/mol. The number of carbonyl (C=O) groups excluding carboxylic acids is 3. The Labute approximate surface area is 173 Å². The van der Waals surface area contributed by atoms with Gasteiger partial charge < -0.3 is 15.5 Å². The minimum absolute atomic E-state index is 0.00470. The van der Waals surface area contributed by atoms with Crippen molar-refractivity contribution in [3.63, 3.8) is 0 Å². The van der Waals surface area contributed by atoms with Crippen LogP contribution in [0.15, 0.2) is 24.3 Å². The Hall–Kier alpha value is -2.45. The number of rotatable bonds is 9. The Morgan fingerprint density at radius 3 is 2.61 bits per heavy atom. The molecule has 0 radical (unpaired) electrons. The van der Waals surface area contributed by atoms with Gasteiger partial charge in [0, 0.05) is 26.9 Å². The van der Waals surface area contributed by atoms with Gasteiger partial charge in [-0.3, -0.25) is 14.4 Å². The van der Waals surface area contributed by atoms with E-state index in [4.69, 9.17) is 11.6 Å². The summed E-state index contributed by atoms with van der Waals surface area (Å²) >= 11 is 7.32. The van der Waals surface area contributed by atoms with Crippen LogP contribution in [0.25, 0.3) is 0 Å². The Kier molecular flexibility index (Phi) is 7.95. The first-order valence-corrected chi connectivity index (χ1v) is 9.98. The second-order valence-corrected chi connectivity index (χ2v) is 7.70. The highest BCUT2D eigenvalue weighted by molar-refractivity contribution is 7.17. The van der Waals surface area contributed by atoms with Gasteiger partial charge in [0.15, 0.2) is 10.9 Å². The highest BCUT2D eigenvalue weighted by Crippen LogP contribution is 2.23. The first-order valence-electron chi connectivity index (χ1n) is 8.78. The molecular formula is C19H23ClN4O3S. The summed E-state index contributed by atoms with van der Waals surface area (Å²) in [6.07, 6.45) is 0.885. The number of anilines is 2. The molecule has 0 unspecified atom stereocenters. The van der Waals surface area contributed by atoms with Crippen molar-refractivity contribution >= 4 is 51.4 Å². The summed E-state index contributed by atoms with van der Waals surface area (Å²) in [5.74, 6) is -0.442. The minimum Gasteiger partial charge on any atom is -0.361 e. The Balaban J connectivity index is 1.72. The highest BCUT2D eigenvalue weighted by Gasteiger charge is 2.14. The van der Waals surface area contributed by atoms with Crippen molar-refractivity contribution in [2.45, 2.75) is 26.7 Å². The SMILES string of the molecule is CC(=O)c1sc(NCCCC(=O)N(C)CC(=O)Nc2ccccc2Cl)nc1C. The quantitative estimate of drug-likeness (QED) is 0.476. The summed E-state index contributed by atoms with van der Waals surface area (Å²) in [6.45, 7) is 3.81. The number of para-hydroxylation sites is 1. The molecule has 0 aliphatic heterocycles. The van der Waals surface area contributed by atoms with E-state index in [-0.39, 0.29) is 24.1 Å². The Morgan fingerprint density at radius 2 is 1.96 bits per heavy atom. The molecule has 9 heteroatoms. The van der Waals surface area contributed by atoms with Gasteiger partial charge in [0.2, 0.25) is 11.8 Å². The largest absolute Gasteiger partial charge is 0.361 e. The molecule has 0 aliphatic carbocycles. The molecule has 0 saturated carbocycles. The fourth-order valence-corrected chi connectivity index (χ4v) is 3.55. The summed E-state index contributed by atoms with van der Waals surface area (Å²) in [7, 11) is 1.59. The van der Waals surface area contributed by atoms with Crippen LogP contribution in [0.4, 0.5) is 10.8 Å². The molecular weight excluding hydrogens is 400 g/mol. The standard InChI is InChI=1S/C19H23ClN4O3S/c1-12-18(13(2)25)28-19(22-12)21-10-6-9-17(27)24(3)11-16(26)23-15-8-5-4-7-14(15)20/h4-5,7-8H,6,9-11H2,1-3H3,(H,21,22)(H,23,26). The van der Waals surface area contributed by atoms with Crippen molar-refractivity contribution in [2.75, 3.05) is 30.8 Å². The lowest BCUT2D eigenvalue weighted by atomic mass is 10.2. The number of hydrogen-bond donors (Lipinski definition) is 2. The van der Waals surface area contributed by atoms with Gasteiger partial charge in [-0.25, -0.2) is 4.98 Å². The van der Waals surface area contributed by atoms with Gasteiger partial charge in [0.05, 0.1) is 27.8 Å². The van der Waals surface area contributed by atoms with E-state index in [1.54, 1.807) is 38.2 Å². The van der Waals surface area contributed by atoms with Crippen LogP contribution in [0.2, 0.25) is 5.02 Å². The summed E-state index contributed by atoms with van der Waals surface area (Å²) in [5.41, 5.74) is 1.23. The average Bonchev–Trinajstić information content (AvgIpc) is 3.01. The summed E-state index contributed by atoms with van der Waals surface area (Å²) in [4.78, 5) is 42.0. The van der Waals surface area contributed by atoms with E-state index in [1.807, 2.05) is 0 Å². The van der Waals surface area contributed by atoms with Gasteiger partial charge in [0.1, 0.15) is 0 Å². The zero-order valence-electron chi connectivity index (χ0n) is 16.0. The maximum atomic E-state index is 12.2. The summed E-state index contributed by atoms with van der Waals surface area (Å²) in [5, 5.41) is 6.93. The molecule has 0 bridgehead atoms. The van der Waals surface area contributed by atoms with Crippen molar-refractivity contribution in [3.8, 4) is 0 Å². The van der Waals surface area contributed by atoms with E-state index in [0.29, 0.717) is 45.8 Å². The molecule has 1 aromatic heterocycles. The fourth-order valence-electron chi connectivity index (χ4n) is 2.48. The lowest BCUT2D eigenvalue weighted by molar-refractivity contribution is -0.133. The van der Waals surface area contributed by atoms with Crippen LogP contribution in [0.1, 0.15) is 35.1 Å². The zero-order chi connectivity index (χ0) is 20.7. The number of carbonyl (C=O) groups is 3. The predicted molar refractivity (Wildman–Crippen MR) is 112 cm³/mol. The summed E-state index contributed by atoms with van der Waals surface area (Å²) in [6, 6.07) is 6.93. The van der Waals surface area contributed by atoms with Crippen LogP contribution >= 0.6 is 22.9 Å². The third-order valence-corrected chi connectivity index (χ3v) is 5.46. The molecule has 0 fully saturated rings. The van der Waals surface area contributed by atoms with Crippen molar-refractivity contribution in [1.82, 2.24) is 9.88 Å². The van der Waals surface area contributed by atoms with E-state index in [1.165, 1.54) is 23.2 Å². The van der Waals surface area contributed by atoms with Crippen molar-refractivity contribution in [2.24, 2.45) is 0 Å². The molecule has 0 saturated heterocycles. The van der Waals surface area contributed by atoms with E-state index in [2.05, 4.69) is 15.6 Å². The molecule has 0 aliphatic rings. The molecule has 150 valence electrons. The molecule has 28 heavy (non-hydrogen) atoms. The monoisotopic (exact) mass is 422 g/mol. The number of halogens is 1. The van der Waals surface area contributed by atoms with Gasteiger partial charge in [0.25, 0.3) is 0 Å². The van der Waals surface area contributed by atoms with Crippen LogP contribution in [-0.4, -0.2) is 47.6 Å². The molecule has 0 atom stereocenters. The second kappa shape index (κ2) is 10.2. The number of hydrogen-bond acceptors (Lipinski definition) is 6. The molecule has 1 heterocycles. The molecule has 0 spiro atoms. The van der Waals surface area contributed by atoms with E-state index < -0.39 is 0 Å². The summed E-state index contributed by atoms with van der Waals surface area (Å²) < 4.78 is 0. The first kappa shape index (κ1) is 21.8. The third-order valence-electron chi connectivity index (χ3n) is 3.91. The van der Waals surface area contributed by atoms with E-state index in [9.17, 15) is 14.4 Å². The van der Waals surface area contributed by atoms with Gasteiger partial charge in [-0.1, -0.05) is 35.1 Å². The van der Waals surface area contributed by atoms with Crippen molar-refractivity contribution < 1.29 is 14.4 Å². The molecule has 2 amide bonds. The first-order chi connectivity index (χ1) is 13.3. The maximum absolute atomic E-state index is 12.2. The van der Waals surface area contributed by atoms with Gasteiger partial charge in [-0.15, -0.1) is 0 Å². The number of benzene rings is 1. The Morgan fingerprint density at radius 1 is 1.25 bits per heavy atom. The number of aromatic nitrogens is 1. The van der Waals surface area contributed by atoms with Crippen LogP contribution in [-0.2, 0) is 9.59 Å². The third kappa shape index (κ3) is 6.31. The molecule has 7 nitrogen and oxygen atoms in total. The van der Waals surface area contributed by atoms with E-state index >= 15 is 0 Å². The number of likely N-dealkylation sites (N-methyl/N-ethyl adjacent to an activating group) is 1. The highest BCUT2D eigenvalue weighted by atomic mass is 35.5. The van der Waals surface area contributed by atoms with Crippen LogP contribution in [0.5, 0.6) is 0 Å². The smallest absolute Gasteiger partial charge is 0.244 e. The minimum atomic E-state index is -0.308. The number of amides is 2. The lowest BCUT2D eigenvalue weighted by Crippen LogP contribution is -2.35. The Bertz CT molecular complexity index is 869. The van der Waals surface area contributed by atoms with Crippen LogP contribution in [0.3, 0.4) is 0 Å². The van der Waals surface area contributed by atoms with Crippen molar-refractivity contribution in [3.05, 3.63) is 39.9 Å². The van der Waals surface area contributed by atoms with Gasteiger partial charge in [-0.05, 0) is 25.5 Å². The topological polar surface area (TPSA) is 91.4 Å². The van der Waals surface area contributed by atoms with Crippen LogP contribution in [0, 0.1) is 6.92 Å². The molecule has 2 rings (SSSR count). The second-order valence-electron chi connectivity index (χ2n) is 6.30. The van der Waals surface area contributed by atoms with Gasteiger partial charge >= 0.3 is 0 Å². The zero-order valence-corrected chi connectivity index (χ0v) is 17.6. The number of thiazole rings is 1. The maximum Gasteiger partial charge on any atom is 0.244 e. The molecule has 1 aromatic carbocycles. The molecule has 2 N–H and O–H groups in total. The lowest BCUT2D eigenvalue weighted by Gasteiger charge is -2.17. The van der Waals surface area contributed by atoms with Crippen molar-refractivity contribution in [1.29, 1.82) is 0 Å². The number of aryl methyl sites for hydroxylation is 1. The normalized spacial score (nSPS) is 10.4. The van der Waals surface area contributed by atoms with Crippen LogP contribution < -0.4 is 10.6 Å². The van der Waals surface area contributed by atoms with Gasteiger partial charge in [-0.2, -0.15) is 0 Å². The molecule has 2 aromatic rings. The fraction of sp³-hybridized carbons (Fsp3) is 0.368. The van der Waals surface area contributed by atoms with E-state index in [0.717, 1.165) is 0 Å². The number of ketones is 1. The number of Topliss-reactive ketones (excluding diaryl/α,β-unsaturated/α-hetero) is 1. The number of nitrogens with one attached hydrogen (secondary N) is 2. The number of nitrogens with zero attached hydrogens (tertiary/aromatic N) is 2. The predicted octanol–water partition coefficient (Wildman–Crippen LogP) is 3.60.